The minimum atomic E-state index is -4.74. The van der Waals surface area contributed by atoms with E-state index in [2.05, 4.69) is 20.5 Å². The summed E-state index contributed by atoms with van der Waals surface area (Å²) in [5.41, 5.74) is -0.488. The second kappa shape index (κ2) is 10.0. The van der Waals surface area contributed by atoms with Crippen LogP contribution in [0.5, 0.6) is 5.75 Å². The monoisotopic (exact) mass is 562 g/mol. The molecular weight excluding hydrogens is 545 g/mol. The topological polar surface area (TPSA) is 86.3 Å². The molecule has 1 amide bonds. The number of carbonyl (C=O) groups is 1. The SMILES string of the molecule is O=C(Nc1cnn(COc2cccc(Cl)c2)c1)c1cc2nc(-c3ccc4ccccc4c3)cc(C(F)(F)F)n2n1. The van der Waals surface area contributed by atoms with Gasteiger partial charge in [0.1, 0.15) is 5.75 Å². The van der Waals surface area contributed by atoms with Gasteiger partial charge in [-0.25, -0.2) is 14.2 Å². The summed E-state index contributed by atoms with van der Waals surface area (Å²) >= 11 is 5.95. The molecule has 3 heterocycles. The van der Waals surface area contributed by atoms with Crippen molar-refractivity contribution in [2.24, 2.45) is 0 Å². The van der Waals surface area contributed by atoms with Gasteiger partial charge in [-0.2, -0.15) is 23.4 Å². The Morgan fingerprint density at radius 3 is 2.60 bits per heavy atom. The maximum absolute atomic E-state index is 14.0. The number of benzene rings is 3. The minimum absolute atomic E-state index is 0.0426. The molecule has 0 aliphatic heterocycles. The number of anilines is 1. The van der Waals surface area contributed by atoms with Gasteiger partial charge in [-0.3, -0.25) is 4.79 Å². The van der Waals surface area contributed by atoms with Crippen LogP contribution < -0.4 is 10.1 Å². The van der Waals surface area contributed by atoms with E-state index in [9.17, 15) is 18.0 Å². The first kappa shape index (κ1) is 25.4. The molecule has 3 aromatic carbocycles. The normalized spacial score (nSPS) is 11.7. The number of alkyl halides is 3. The lowest BCUT2D eigenvalue weighted by Gasteiger charge is -2.11. The fourth-order valence-electron chi connectivity index (χ4n) is 4.18. The number of nitrogens with zero attached hydrogens (tertiary/aromatic N) is 5. The molecule has 0 fully saturated rings. The van der Waals surface area contributed by atoms with Gasteiger partial charge in [0.15, 0.2) is 23.8 Å². The van der Waals surface area contributed by atoms with Crippen molar-refractivity contribution >= 4 is 39.6 Å². The van der Waals surface area contributed by atoms with Crippen molar-refractivity contribution < 1.29 is 22.7 Å². The van der Waals surface area contributed by atoms with Crippen molar-refractivity contribution in [3.05, 3.63) is 108 Å². The van der Waals surface area contributed by atoms with Crippen molar-refractivity contribution in [3.63, 3.8) is 0 Å². The van der Waals surface area contributed by atoms with Crippen molar-refractivity contribution in [2.45, 2.75) is 12.9 Å². The predicted molar refractivity (Wildman–Crippen MR) is 143 cm³/mol. The summed E-state index contributed by atoms with van der Waals surface area (Å²) in [6.07, 6.45) is -1.85. The van der Waals surface area contributed by atoms with Gasteiger partial charge in [-0.1, -0.05) is 54.1 Å². The van der Waals surface area contributed by atoms with E-state index in [4.69, 9.17) is 16.3 Å². The van der Waals surface area contributed by atoms with Gasteiger partial charge in [0.05, 0.1) is 23.8 Å². The minimum Gasteiger partial charge on any atom is -0.471 e. The van der Waals surface area contributed by atoms with Crippen LogP contribution in [-0.4, -0.2) is 30.3 Å². The maximum Gasteiger partial charge on any atom is 0.433 e. The number of hydrogen-bond acceptors (Lipinski definition) is 5. The number of carbonyl (C=O) groups excluding carboxylic acids is 1. The maximum atomic E-state index is 14.0. The zero-order valence-electron chi connectivity index (χ0n) is 20.4. The van der Waals surface area contributed by atoms with E-state index < -0.39 is 17.8 Å². The van der Waals surface area contributed by atoms with E-state index in [0.717, 1.165) is 16.8 Å². The Morgan fingerprint density at radius 1 is 0.975 bits per heavy atom. The number of nitrogens with one attached hydrogen (secondary N) is 1. The number of aromatic nitrogens is 5. The highest BCUT2D eigenvalue weighted by Gasteiger charge is 2.35. The largest absolute Gasteiger partial charge is 0.471 e. The molecule has 0 bridgehead atoms. The standard InChI is InChI=1S/C28H18ClF3N6O2/c29-20-6-3-7-22(11-20)40-16-37-15-21(14-33-37)34-27(39)24-13-26-35-23(12-25(28(30,31)32)38(26)36-24)19-9-8-17-4-1-2-5-18(17)10-19/h1-15H,16H2,(H,34,39). The first-order valence-electron chi connectivity index (χ1n) is 11.9. The van der Waals surface area contributed by atoms with Crippen LogP contribution in [0.3, 0.4) is 0 Å². The zero-order chi connectivity index (χ0) is 27.9. The molecule has 6 rings (SSSR count). The smallest absolute Gasteiger partial charge is 0.433 e. The third kappa shape index (κ3) is 5.19. The van der Waals surface area contributed by atoms with Crippen molar-refractivity contribution in [1.29, 1.82) is 0 Å². The van der Waals surface area contributed by atoms with E-state index in [0.29, 0.717) is 26.5 Å². The molecular formula is C28H18ClF3N6O2. The molecule has 0 unspecified atom stereocenters. The molecule has 0 radical (unpaired) electrons. The highest BCUT2D eigenvalue weighted by Crippen LogP contribution is 2.33. The van der Waals surface area contributed by atoms with Crippen LogP contribution in [0.15, 0.2) is 91.3 Å². The van der Waals surface area contributed by atoms with Gasteiger partial charge >= 0.3 is 6.18 Å². The van der Waals surface area contributed by atoms with E-state index in [1.807, 2.05) is 30.3 Å². The summed E-state index contributed by atoms with van der Waals surface area (Å²) < 4.78 is 49.7. The first-order chi connectivity index (χ1) is 19.2. The van der Waals surface area contributed by atoms with Crippen LogP contribution in [-0.2, 0) is 12.9 Å². The molecule has 0 aliphatic carbocycles. The molecule has 0 aliphatic rings. The number of amides is 1. The van der Waals surface area contributed by atoms with Crippen LogP contribution in [0, 0.1) is 0 Å². The average Bonchev–Trinajstić information content (AvgIpc) is 3.57. The Morgan fingerprint density at radius 2 is 1.80 bits per heavy atom. The summed E-state index contributed by atoms with van der Waals surface area (Å²) in [5, 5.41) is 12.9. The van der Waals surface area contributed by atoms with E-state index in [1.165, 1.54) is 23.1 Å². The molecule has 0 saturated carbocycles. The molecule has 6 aromatic rings. The Balaban J connectivity index is 1.26. The van der Waals surface area contributed by atoms with Crippen LogP contribution >= 0.6 is 11.6 Å². The second-order valence-electron chi connectivity index (χ2n) is 8.84. The summed E-state index contributed by atoms with van der Waals surface area (Å²) in [5.74, 6) is -0.185. The Labute approximate surface area is 229 Å². The summed E-state index contributed by atoms with van der Waals surface area (Å²) in [7, 11) is 0. The predicted octanol–water partition coefficient (Wildman–Crippen LogP) is 6.71. The van der Waals surface area contributed by atoms with Crippen LogP contribution in [0.4, 0.5) is 18.9 Å². The Bertz CT molecular complexity index is 1880. The fraction of sp³-hybridized carbons (Fsp3) is 0.0714. The van der Waals surface area contributed by atoms with Gasteiger partial charge in [-0.05, 0) is 41.1 Å². The summed E-state index contributed by atoms with van der Waals surface area (Å²) in [4.78, 5) is 17.3. The van der Waals surface area contributed by atoms with Crippen molar-refractivity contribution in [1.82, 2.24) is 24.4 Å². The van der Waals surface area contributed by atoms with E-state index >= 15 is 0 Å². The van der Waals surface area contributed by atoms with Gasteiger partial charge in [0, 0.05) is 16.7 Å². The molecule has 200 valence electrons. The highest BCUT2D eigenvalue weighted by atomic mass is 35.5. The average molecular weight is 563 g/mol. The number of hydrogen-bond donors (Lipinski definition) is 1. The summed E-state index contributed by atoms with van der Waals surface area (Å²) in [6, 6.07) is 21.8. The van der Waals surface area contributed by atoms with Gasteiger partial charge in [0.2, 0.25) is 0 Å². The molecule has 1 N–H and O–H groups in total. The zero-order valence-corrected chi connectivity index (χ0v) is 21.2. The number of rotatable bonds is 6. The molecule has 0 saturated heterocycles. The van der Waals surface area contributed by atoms with Gasteiger partial charge in [-0.15, -0.1) is 0 Å². The van der Waals surface area contributed by atoms with Crippen LogP contribution in [0.2, 0.25) is 5.02 Å². The lowest BCUT2D eigenvalue weighted by molar-refractivity contribution is -0.142. The van der Waals surface area contributed by atoms with E-state index in [-0.39, 0.29) is 23.8 Å². The summed E-state index contributed by atoms with van der Waals surface area (Å²) in [6.45, 7) is 0.0426. The lowest BCUT2D eigenvalue weighted by Crippen LogP contribution is -2.15. The second-order valence-corrected chi connectivity index (χ2v) is 9.28. The van der Waals surface area contributed by atoms with E-state index in [1.54, 1.807) is 36.4 Å². The molecule has 40 heavy (non-hydrogen) atoms. The van der Waals surface area contributed by atoms with Crippen LogP contribution in [0.1, 0.15) is 16.2 Å². The molecule has 3 aromatic heterocycles. The molecule has 0 atom stereocenters. The quantitative estimate of drug-likeness (QED) is 0.244. The highest BCUT2D eigenvalue weighted by molar-refractivity contribution is 6.30. The van der Waals surface area contributed by atoms with Gasteiger partial charge < -0.3 is 10.1 Å². The lowest BCUT2D eigenvalue weighted by atomic mass is 10.0. The molecule has 8 nitrogen and oxygen atoms in total. The third-order valence-corrected chi connectivity index (χ3v) is 6.28. The first-order valence-corrected chi connectivity index (χ1v) is 12.3. The fourth-order valence-corrected chi connectivity index (χ4v) is 4.36. The Hall–Kier alpha value is -4.90. The number of ether oxygens (including phenoxy) is 1. The molecule has 12 heteroatoms. The van der Waals surface area contributed by atoms with Crippen molar-refractivity contribution in [2.75, 3.05) is 5.32 Å². The molecule has 0 spiro atoms. The Kier molecular flexibility index (Phi) is 6.35. The third-order valence-electron chi connectivity index (χ3n) is 6.05. The van der Waals surface area contributed by atoms with Crippen molar-refractivity contribution in [3.8, 4) is 17.0 Å². The van der Waals surface area contributed by atoms with Crippen LogP contribution in [0.25, 0.3) is 27.7 Å². The number of fused-ring (bicyclic) bond motifs is 2. The van der Waals surface area contributed by atoms with Gasteiger partial charge in [0.25, 0.3) is 5.91 Å². The number of halogens is 4.